The summed E-state index contributed by atoms with van der Waals surface area (Å²) in [6, 6.07) is -0.906. The van der Waals surface area contributed by atoms with Gasteiger partial charge in [-0.3, -0.25) is 9.36 Å². The van der Waals surface area contributed by atoms with Gasteiger partial charge < -0.3 is 28.8 Å². The number of hydrogen-bond acceptors (Lipinski definition) is 6. The van der Waals surface area contributed by atoms with E-state index >= 15 is 0 Å². The molecule has 342 valence electrons. The summed E-state index contributed by atoms with van der Waals surface area (Å²) in [6.45, 7) is 4.62. The van der Waals surface area contributed by atoms with Crippen LogP contribution in [-0.4, -0.2) is 68.5 Å². The van der Waals surface area contributed by atoms with E-state index in [1.807, 2.05) is 27.2 Å². The largest absolute Gasteiger partial charge is 0.756 e. The molecule has 0 aromatic carbocycles. The average Bonchev–Trinajstić information content (AvgIpc) is 3.17. The van der Waals surface area contributed by atoms with Gasteiger partial charge in [0.2, 0.25) is 5.91 Å². The second-order valence-corrected chi connectivity index (χ2v) is 19.2. The maximum absolute atomic E-state index is 12.9. The smallest absolute Gasteiger partial charge is 0.268 e. The number of likely N-dealkylation sites (N-methyl/N-ethyl adjacent to an activating group) is 1. The second kappa shape index (κ2) is 41.1. The molecule has 0 bridgehead atoms. The Hall–Kier alpha value is -1.28. The Balaban J connectivity index is 4.35. The monoisotopic (exact) mass is 839 g/mol. The summed E-state index contributed by atoms with van der Waals surface area (Å²) in [5, 5.41) is 13.8. The van der Waals surface area contributed by atoms with Gasteiger partial charge in [-0.05, 0) is 44.9 Å². The van der Waals surface area contributed by atoms with E-state index in [0.29, 0.717) is 17.4 Å². The van der Waals surface area contributed by atoms with Crippen LogP contribution in [0.4, 0.5) is 0 Å². The van der Waals surface area contributed by atoms with E-state index in [-0.39, 0.29) is 12.5 Å². The van der Waals surface area contributed by atoms with Gasteiger partial charge in [0, 0.05) is 6.42 Å². The summed E-state index contributed by atoms with van der Waals surface area (Å²) in [7, 11) is 1.24. The molecule has 9 heteroatoms. The number of phosphoric acid groups is 1. The molecule has 0 saturated heterocycles. The highest BCUT2D eigenvalue weighted by Crippen LogP contribution is 2.38. The number of carbonyl (C=O) groups excluding carboxylic acids is 1. The van der Waals surface area contributed by atoms with Crippen molar-refractivity contribution >= 4 is 13.7 Å². The first-order valence-corrected chi connectivity index (χ1v) is 25.8. The van der Waals surface area contributed by atoms with Crippen LogP contribution in [0.5, 0.6) is 0 Å². The number of aliphatic hydroxyl groups is 1. The van der Waals surface area contributed by atoms with E-state index in [0.717, 1.165) is 44.9 Å². The highest BCUT2D eigenvalue weighted by molar-refractivity contribution is 7.45. The average molecular weight is 839 g/mol. The van der Waals surface area contributed by atoms with Gasteiger partial charge >= 0.3 is 0 Å². The standard InChI is InChI=1S/C49H95N2O6P/c1-6-8-10-12-14-16-18-20-22-23-24-25-26-27-29-31-33-35-37-39-41-43-49(53)50-47(46-57-58(54,55)56-45-44-51(3,4)5)48(52)42-40-38-36-34-32-30-28-21-19-17-15-13-11-9-7-2/h19,21,32,34,40,42,47-48,52H,6-18,20,22-31,33,35-39,41,43-46H2,1-5H3,(H-,50,53,54,55)/b21-19+,34-32+,42-40+. The minimum absolute atomic E-state index is 0.00777. The van der Waals surface area contributed by atoms with Crippen LogP contribution in [0.15, 0.2) is 36.5 Å². The third kappa shape index (κ3) is 42.8. The lowest BCUT2D eigenvalue weighted by Crippen LogP contribution is -2.45. The van der Waals surface area contributed by atoms with Crippen molar-refractivity contribution in [3.05, 3.63) is 36.5 Å². The minimum Gasteiger partial charge on any atom is -0.756 e. The number of hydrogen-bond donors (Lipinski definition) is 2. The summed E-state index contributed by atoms with van der Waals surface area (Å²) >= 11 is 0. The number of unbranched alkanes of at least 4 members (excludes halogenated alkanes) is 27. The number of rotatable bonds is 44. The quantitative estimate of drug-likeness (QED) is 0.0274. The zero-order valence-electron chi connectivity index (χ0n) is 38.8. The predicted octanol–water partition coefficient (Wildman–Crippen LogP) is 13.2. The molecular formula is C49H95N2O6P. The van der Waals surface area contributed by atoms with Crippen LogP contribution in [0.25, 0.3) is 0 Å². The SMILES string of the molecule is CCCCCCC/C=C/CC/C=C/CC/C=C/C(O)C(COP(=O)([O-])OCC[N+](C)(C)C)NC(=O)CCCCCCCCCCCCCCCCCCCCCCC. The number of quaternary nitrogens is 1. The summed E-state index contributed by atoms with van der Waals surface area (Å²) < 4.78 is 23.2. The zero-order valence-corrected chi connectivity index (χ0v) is 39.6. The van der Waals surface area contributed by atoms with Gasteiger partial charge in [0.15, 0.2) is 0 Å². The fourth-order valence-electron chi connectivity index (χ4n) is 6.95. The van der Waals surface area contributed by atoms with Crippen LogP contribution in [0.1, 0.15) is 219 Å². The molecule has 0 rings (SSSR count). The normalized spacial score (nSPS) is 14.5. The number of aliphatic hydroxyl groups excluding tert-OH is 1. The molecule has 0 aromatic heterocycles. The Labute approximate surface area is 359 Å². The van der Waals surface area contributed by atoms with Crippen LogP contribution in [0, 0.1) is 0 Å². The minimum atomic E-state index is -4.60. The number of carbonyl (C=O) groups is 1. The molecule has 0 fully saturated rings. The van der Waals surface area contributed by atoms with Crippen molar-refractivity contribution in [2.75, 3.05) is 40.9 Å². The molecule has 3 atom stereocenters. The molecule has 0 aliphatic heterocycles. The third-order valence-corrected chi connectivity index (χ3v) is 11.8. The lowest BCUT2D eigenvalue weighted by atomic mass is 10.0. The van der Waals surface area contributed by atoms with Crippen LogP contribution in [0.3, 0.4) is 0 Å². The van der Waals surface area contributed by atoms with Crippen molar-refractivity contribution in [2.24, 2.45) is 0 Å². The fraction of sp³-hybridized carbons (Fsp3) is 0.857. The zero-order chi connectivity index (χ0) is 42.8. The Morgan fingerprint density at radius 3 is 1.40 bits per heavy atom. The van der Waals surface area contributed by atoms with E-state index in [1.54, 1.807) is 6.08 Å². The van der Waals surface area contributed by atoms with Gasteiger partial charge in [-0.1, -0.05) is 204 Å². The molecule has 58 heavy (non-hydrogen) atoms. The molecule has 1 amide bonds. The van der Waals surface area contributed by atoms with Gasteiger partial charge in [0.25, 0.3) is 7.82 Å². The molecule has 0 aliphatic carbocycles. The van der Waals surface area contributed by atoms with E-state index < -0.39 is 26.6 Å². The number of amides is 1. The first kappa shape index (κ1) is 56.7. The third-order valence-electron chi connectivity index (χ3n) is 10.8. The van der Waals surface area contributed by atoms with Crippen molar-refractivity contribution in [3.8, 4) is 0 Å². The summed E-state index contributed by atoms with van der Waals surface area (Å²) in [5.74, 6) is -0.209. The molecule has 0 heterocycles. The van der Waals surface area contributed by atoms with Gasteiger partial charge in [-0.15, -0.1) is 0 Å². The molecule has 3 unspecified atom stereocenters. The van der Waals surface area contributed by atoms with Gasteiger partial charge in [0.05, 0.1) is 39.9 Å². The Morgan fingerprint density at radius 1 is 0.586 bits per heavy atom. The summed E-state index contributed by atoms with van der Waals surface area (Å²) in [6.07, 6.45) is 50.6. The molecule has 0 aromatic rings. The summed E-state index contributed by atoms with van der Waals surface area (Å²) in [4.78, 5) is 25.3. The second-order valence-electron chi connectivity index (χ2n) is 17.8. The van der Waals surface area contributed by atoms with Crippen molar-refractivity contribution in [1.82, 2.24) is 5.32 Å². The lowest BCUT2D eigenvalue weighted by molar-refractivity contribution is -0.870. The van der Waals surface area contributed by atoms with Crippen molar-refractivity contribution in [2.45, 2.75) is 231 Å². The molecule has 0 saturated carbocycles. The number of phosphoric ester groups is 1. The molecule has 2 N–H and O–H groups in total. The van der Waals surface area contributed by atoms with Gasteiger partial charge in [0.1, 0.15) is 13.2 Å². The van der Waals surface area contributed by atoms with E-state index in [2.05, 4.69) is 43.5 Å². The molecular weight excluding hydrogens is 744 g/mol. The highest BCUT2D eigenvalue weighted by Gasteiger charge is 2.23. The number of nitrogens with one attached hydrogen (secondary N) is 1. The maximum Gasteiger partial charge on any atom is 0.268 e. The maximum atomic E-state index is 12.9. The lowest BCUT2D eigenvalue weighted by Gasteiger charge is -2.29. The highest BCUT2D eigenvalue weighted by atomic mass is 31.2. The van der Waals surface area contributed by atoms with Crippen LogP contribution < -0.4 is 10.2 Å². The van der Waals surface area contributed by atoms with E-state index in [9.17, 15) is 19.4 Å². The van der Waals surface area contributed by atoms with E-state index in [4.69, 9.17) is 9.05 Å². The topological polar surface area (TPSA) is 108 Å². The Kier molecular flexibility index (Phi) is 40.2. The molecule has 0 radical (unpaired) electrons. The van der Waals surface area contributed by atoms with Crippen LogP contribution >= 0.6 is 7.82 Å². The first-order chi connectivity index (χ1) is 28.0. The Bertz CT molecular complexity index is 1040. The van der Waals surface area contributed by atoms with E-state index in [1.165, 1.54) is 154 Å². The summed E-state index contributed by atoms with van der Waals surface area (Å²) in [5.41, 5.74) is 0. The molecule has 8 nitrogen and oxygen atoms in total. The number of nitrogens with zero attached hydrogens (tertiary/aromatic N) is 1. The van der Waals surface area contributed by atoms with Crippen LogP contribution in [0.2, 0.25) is 0 Å². The fourth-order valence-corrected chi connectivity index (χ4v) is 7.67. The number of allylic oxidation sites excluding steroid dienone is 5. The Morgan fingerprint density at radius 2 is 0.966 bits per heavy atom. The molecule has 0 aliphatic rings. The molecule has 0 spiro atoms. The van der Waals surface area contributed by atoms with Crippen LogP contribution in [-0.2, 0) is 18.4 Å². The first-order valence-electron chi connectivity index (χ1n) is 24.4. The van der Waals surface area contributed by atoms with Gasteiger partial charge in [-0.2, -0.15) is 0 Å². The van der Waals surface area contributed by atoms with Crippen molar-refractivity contribution in [3.63, 3.8) is 0 Å². The van der Waals surface area contributed by atoms with Crippen molar-refractivity contribution in [1.29, 1.82) is 0 Å². The van der Waals surface area contributed by atoms with Crippen molar-refractivity contribution < 1.29 is 32.9 Å². The van der Waals surface area contributed by atoms with Gasteiger partial charge in [-0.25, -0.2) is 0 Å². The predicted molar refractivity (Wildman–Crippen MR) is 247 cm³/mol.